The first-order valence-corrected chi connectivity index (χ1v) is 15.0. The van der Waals surface area contributed by atoms with Crippen molar-refractivity contribution in [2.75, 3.05) is 0 Å². The Hall–Kier alpha value is -6.54. The molecule has 11 rings (SSSR count). The van der Waals surface area contributed by atoms with Crippen molar-refractivity contribution in [1.29, 1.82) is 0 Å². The molecule has 0 saturated carbocycles. The summed E-state index contributed by atoms with van der Waals surface area (Å²) in [5.41, 5.74) is 11.3. The van der Waals surface area contributed by atoms with Crippen molar-refractivity contribution in [3.8, 4) is 11.4 Å². The number of nitrogens with zero attached hydrogens (tertiary/aromatic N) is 6. The highest BCUT2D eigenvalue weighted by Gasteiger charge is 2.20. The number of hydrogen-bond donors (Lipinski definition) is 0. The van der Waals surface area contributed by atoms with E-state index in [4.69, 9.17) is 8.83 Å². The predicted octanol–water partition coefficient (Wildman–Crippen LogP) is 9.26. The van der Waals surface area contributed by atoms with Gasteiger partial charge >= 0.3 is 0 Å². The first-order valence-electron chi connectivity index (χ1n) is 15.0. The second kappa shape index (κ2) is 8.55. The minimum absolute atomic E-state index is 0.785. The minimum atomic E-state index is 0.785. The van der Waals surface area contributed by atoms with Crippen molar-refractivity contribution in [1.82, 2.24) is 29.1 Å². The summed E-state index contributed by atoms with van der Waals surface area (Å²) in [6, 6.07) is 29.0. The van der Waals surface area contributed by atoms with Crippen molar-refractivity contribution in [2.45, 2.75) is 0 Å². The first kappa shape index (κ1) is 23.9. The number of pyridine rings is 4. The van der Waals surface area contributed by atoms with E-state index in [0.29, 0.717) is 0 Å². The lowest BCUT2D eigenvalue weighted by atomic mass is 10.1. The summed E-state index contributed by atoms with van der Waals surface area (Å²) in [7, 11) is 0. The van der Waals surface area contributed by atoms with Gasteiger partial charge in [0.1, 0.15) is 22.3 Å². The van der Waals surface area contributed by atoms with Gasteiger partial charge in [0.15, 0.2) is 0 Å². The molecule has 0 N–H and O–H groups in total. The molecule has 8 heterocycles. The van der Waals surface area contributed by atoms with E-state index < -0.39 is 0 Å². The van der Waals surface area contributed by atoms with Crippen LogP contribution in [0.1, 0.15) is 0 Å². The zero-order valence-corrected chi connectivity index (χ0v) is 24.0. The van der Waals surface area contributed by atoms with Crippen LogP contribution in [-0.2, 0) is 0 Å². The van der Waals surface area contributed by atoms with Crippen LogP contribution in [0.25, 0.3) is 99.1 Å². The topological polar surface area (TPSA) is 87.7 Å². The van der Waals surface area contributed by atoms with Gasteiger partial charge in [0.05, 0.1) is 38.5 Å². The van der Waals surface area contributed by atoms with Gasteiger partial charge in [0, 0.05) is 75.5 Å². The number of furan rings is 2. The van der Waals surface area contributed by atoms with Gasteiger partial charge in [-0.3, -0.25) is 19.9 Å². The van der Waals surface area contributed by atoms with Gasteiger partial charge in [-0.2, -0.15) is 0 Å². The van der Waals surface area contributed by atoms with E-state index in [1.54, 1.807) is 0 Å². The molecule has 0 aliphatic carbocycles. The third-order valence-corrected chi connectivity index (χ3v) is 9.20. The fourth-order valence-corrected chi connectivity index (χ4v) is 7.26. The molecule has 0 spiro atoms. The molecule has 0 fully saturated rings. The first-order chi connectivity index (χ1) is 22.8. The molecule has 0 atom stereocenters. The van der Waals surface area contributed by atoms with Crippen molar-refractivity contribution >= 4 is 87.7 Å². The molecule has 0 aliphatic rings. The molecule has 46 heavy (non-hydrogen) atoms. The third-order valence-electron chi connectivity index (χ3n) is 9.20. The van der Waals surface area contributed by atoms with Crippen LogP contribution in [0.15, 0.2) is 131 Å². The summed E-state index contributed by atoms with van der Waals surface area (Å²) >= 11 is 0. The van der Waals surface area contributed by atoms with E-state index in [-0.39, 0.29) is 0 Å². The van der Waals surface area contributed by atoms with E-state index in [2.05, 4.69) is 77.6 Å². The zero-order chi connectivity index (χ0) is 29.9. The van der Waals surface area contributed by atoms with Crippen molar-refractivity contribution in [2.24, 2.45) is 0 Å². The van der Waals surface area contributed by atoms with E-state index in [1.807, 2.05) is 73.6 Å². The third kappa shape index (κ3) is 3.02. The molecule has 0 aliphatic heterocycles. The van der Waals surface area contributed by atoms with Crippen LogP contribution in [0.3, 0.4) is 0 Å². The highest BCUT2D eigenvalue weighted by molar-refractivity contribution is 6.22. The van der Waals surface area contributed by atoms with Crippen molar-refractivity contribution in [3.05, 3.63) is 122 Å². The van der Waals surface area contributed by atoms with Gasteiger partial charge in [-0.15, -0.1) is 0 Å². The molecule has 0 unspecified atom stereocenters. The van der Waals surface area contributed by atoms with Crippen molar-refractivity contribution < 1.29 is 8.83 Å². The minimum Gasteiger partial charge on any atom is -0.456 e. The molecule has 11 aromatic rings. The quantitative estimate of drug-likeness (QED) is 0.199. The molecular formula is C38H20N6O2. The highest BCUT2D eigenvalue weighted by Crippen LogP contribution is 2.41. The Bertz CT molecular complexity index is 2950. The van der Waals surface area contributed by atoms with Gasteiger partial charge in [-0.25, -0.2) is 0 Å². The van der Waals surface area contributed by atoms with Gasteiger partial charge in [-0.1, -0.05) is 0 Å². The largest absolute Gasteiger partial charge is 0.456 e. The molecule has 214 valence electrons. The summed E-state index contributed by atoms with van der Waals surface area (Å²) < 4.78 is 17.5. The van der Waals surface area contributed by atoms with Crippen LogP contribution in [0.4, 0.5) is 0 Å². The maximum absolute atomic E-state index is 6.63. The highest BCUT2D eigenvalue weighted by atomic mass is 16.3. The van der Waals surface area contributed by atoms with E-state index in [0.717, 1.165) is 99.1 Å². The lowest BCUT2D eigenvalue weighted by Gasteiger charge is -2.07. The Morgan fingerprint density at radius 1 is 0.457 bits per heavy atom. The van der Waals surface area contributed by atoms with E-state index in [1.165, 1.54) is 0 Å². The smallest absolute Gasteiger partial charge is 0.147 e. The van der Waals surface area contributed by atoms with Crippen LogP contribution in [-0.4, -0.2) is 29.1 Å². The van der Waals surface area contributed by atoms with Gasteiger partial charge in [0.25, 0.3) is 0 Å². The fraction of sp³-hybridized carbons (Fsp3) is 0. The maximum Gasteiger partial charge on any atom is 0.147 e. The number of aromatic nitrogens is 6. The number of hydrogen-bond acceptors (Lipinski definition) is 6. The van der Waals surface area contributed by atoms with E-state index >= 15 is 0 Å². The molecular weight excluding hydrogens is 572 g/mol. The number of benzene rings is 3. The second-order valence-electron chi connectivity index (χ2n) is 11.6. The SMILES string of the molecule is c1cnc2c3cnccc3n(-c3ccc4oc5c(ccc6oc7ccc(-n8c9ccncc9c9ncccc98)cc7c65)c4c3)c2c1. The maximum atomic E-state index is 6.63. The van der Waals surface area contributed by atoms with Gasteiger partial charge < -0.3 is 18.0 Å². The summed E-state index contributed by atoms with van der Waals surface area (Å²) in [5, 5.41) is 6.05. The van der Waals surface area contributed by atoms with Crippen LogP contribution < -0.4 is 0 Å². The van der Waals surface area contributed by atoms with Crippen LogP contribution in [0.2, 0.25) is 0 Å². The molecule has 8 nitrogen and oxygen atoms in total. The lowest BCUT2D eigenvalue weighted by molar-refractivity contribution is 0.662. The van der Waals surface area contributed by atoms with Crippen molar-refractivity contribution in [3.63, 3.8) is 0 Å². The number of fused-ring (bicyclic) bond motifs is 13. The summed E-state index contributed by atoms with van der Waals surface area (Å²) in [4.78, 5) is 18.1. The summed E-state index contributed by atoms with van der Waals surface area (Å²) in [6.45, 7) is 0. The predicted molar refractivity (Wildman–Crippen MR) is 181 cm³/mol. The Morgan fingerprint density at radius 3 is 1.70 bits per heavy atom. The van der Waals surface area contributed by atoms with Crippen LogP contribution >= 0.6 is 0 Å². The molecule has 0 radical (unpaired) electrons. The normalized spacial score (nSPS) is 12.3. The molecule has 8 heteroatoms. The zero-order valence-electron chi connectivity index (χ0n) is 24.0. The van der Waals surface area contributed by atoms with Gasteiger partial charge in [-0.05, 0) is 84.9 Å². The average Bonchev–Trinajstić information content (AvgIpc) is 3.85. The molecule has 8 aromatic heterocycles. The Morgan fingerprint density at radius 2 is 1.04 bits per heavy atom. The molecule has 0 amide bonds. The van der Waals surface area contributed by atoms with Crippen LogP contribution in [0, 0.1) is 0 Å². The Labute approximate surface area is 258 Å². The Balaban J connectivity index is 1.17. The average molecular weight is 593 g/mol. The van der Waals surface area contributed by atoms with E-state index in [9.17, 15) is 0 Å². The summed E-state index contributed by atoms with van der Waals surface area (Å²) in [6.07, 6.45) is 11.1. The second-order valence-corrected chi connectivity index (χ2v) is 11.6. The molecule has 0 saturated heterocycles. The monoisotopic (exact) mass is 592 g/mol. The van der Waals surface area contributed by atoms with Crippen LogP contribution in [0.5, 0.6) is 0 Å². The van der Waals surface area contributed by atoms with Gasteiger partial charge in [0.2, 0.25) is 0 Å². The molecule has 3 aromatic carbocycles. The molecule has 0 bridgehead atoms. The summed E-state index contributed by atoms with van der Waals surface area (Å²) in [5.74, 6) is 0. The lowest BCUT2D eigenvalue weighted by Crippen LogP contribution is -1.93. The standard InChI is InChI=1S/C38H20N6O2/c1-3-30-36(41-13-1)26-19-39-15-11-28(26)43(30)21-5-8-32-24(17-21)23-7-10-34-35(38(23)46-32)25-18-22(6-9-33(25)45-34)44-29-12-16-40-20-27(29)37-31(44)4-2-14-42-37/h1-20H. The Kier molecular flexibility index (Phi) is 4.43. The number of rotatable bonds is 2. The fourth-order valence-electron chi connectivity index (χ4n) is 7.26.